The van der Waals surface area contributed by atoms with Crippen LogP contribution in [0.1, 0.15) is 32.3 Å². The number of rotatable bonds is 10. The first-order chi connectivity index (χ1) is 13.8. The van der Waals surface area contributed by atoms with Gasteiger partial charge in [-0.05, 0) is 38.3 Å². The summed E-state index contributed by atoms with van der Waals surface area (Å²) in [6, 6.07) is 5.79. The number of fused-ring (bicyclic) bond motifs is 1. The molecule has 2 aromatic rings. The van der Waals surface area contributed by atoms with Gasteiger partial charge in [0.05, 0.1) is 22.5 Å². The van der Waals surface area contributed by atoms with Crippen molar-refractivity contribution in [3.05, 3.63) is 36.0 Å². The molecule has 154 valence electrons. The molecule has 0 bridgehead atoms. The van der Waals surface area contributed by atoms with Crippen LogP contribution >= 0.6 is 0 Å². The van der Waals surface area contributed by atoms with Crippen molar-refractivity contribution in [1.82, 2.24) is 10.3 Å². The molecular weight excluding hydrogens is 374 g/mol. The lowest BCUT2D eigenvalue weighted by Crippen LogP contribution is -2.50. The third kappa shape index (κ3) is 6.38. The summed E-state index contributed by atoms with van der Waals surface area (Å²) >= 11 is 0. The first-order valence-electron chi connectivity index (χ1n) is 9.36. The van der Waals surface area contributed by atoms with Crippen LogP contribution in [-0.4, -0.2) is 51.8 Å². The highest BCUT2D eigenvalue weighted by Crippen LogP contribution is 2.18. The average Bonchev–Trinajstić information content (AvgIpc) is 3.07. The summed E-state index contributed by atoms with van der Waals surface area (Å²) in [5.74, 6) is -1.56. The number of nitrogens with zero attached hydrogens (tertiary/aromatic N) is 1. The Balaban J connectivity index is 2.05. The minimum absolute atomic E-state index is 0.0297. The molecule has 0 aliphatic rings. The molecule has 0 fully saturated rings. The molecule has 0 aliphatic heterocycles. The first-order valence-corrected chi connectivity index (χ1v) is 9.36. The number of amides is 1. The van der Waals surface area contributed by atoms with Gasteiger partial charge >= 0.3 is 12.2 Å². The monoisotopic (exact) mass is 400 g/mol. The van der Waals surface area contributed by atoms with Crippen LogP contribution in [0.25, 0.3) is 10.9 Å². The van der Waals surface area contributed by atoms with E-state index in [4.69, 9.17) is 16.0 Å². The van der Waals surface area contributed by atoms with Gasteiger partial charge in [0.25, 0.3) is 0 Å². The summed E-state index contributed by atoms with van der Waals surface area (Å²) in [5, 5.41) is 3.57. The Bertz CT molecular complexity index is 930. The van der Waals surface area contributed by atoms with Crippen molar-refractivity contribution < 1.29 is 23.9 Å². The highest BCUT2D eigenvalue weighted by Gasteiger charge is 2.27. The maximum absolute atomic E-state index is 12.6. The van der Waals surface area contributed by atoms with E-state index in [9.17, 15) is 14.4 Å². The van der Waals surface area contributed by atoms with Gasteiger partial charge in [0, 0.05) is 23.5 Å². The van der Waals surface area contributed by atoms with E-state index in [-0.39, 0.29) is 25.4 Å². The second kappa shape index (κ2) is 10.3. The number of ether oxygens (including phenoxy) is 1. The number of hydrogen-bond donors (Lipinski definition) is 4. The largest absolute Gasteiger partial charge is 0.461 e. The molecule has 2 rings (SSSR count). The number of aromatic amines is 1. The predicted molar refractivity (Wildman–Crippen MR) is 106 cm³/mol. The fourth-order valence-electron chi connectivity index (χ4n) is 2.90. The van der Waals surface area contributed by atoms with Crippen LogP contribution in [0.15, 0.2) is 30.5 Å². The standard InChI is InChI=1S/C20H25N5O4/c1-12(2)29-20(28)18(8-7-14(26)11-24-22)25-19(27)16(21)9-13-10-23-17-6-4-3-5-15(13)17/h3-6,10-12,16,18,22-23H,7-9,21H2,1-2H3/p+1/t16-,18-/m0/s1. The number of nitrogens with two attached hydrogens (primary N) is 1. The number of aromatic nitrogens is 1. The lowest BCUT2D eigenvalue weighted by atomic mass is 10.0. The number of benzene rings is 1. The zero-order valence-corrected chi connectivity index (χ0v) is 16.5. The van der Waals surface area contributed by atoms with Crippen molar-refractivity contribution in [1.29, 1.82) is 5.53 Å². The van der Waals surface area contributed by atoms with Crippen LogP contribution < -0.4 is 11.1 Å². The molecule has 5 N–H and O–H groups in total. The van der Waals surface area contributed by atoms with E-state index in [2.05, 4.69) is 15.1 Å². The maximum atomic E-state index is 12.6. The smallest absolute Gasteiger partial charge is 0.372 e. The van der Waals surface area contributed by atoms with Gasteiger partial charge in [0.15, 0.2) is 0 Å². The quantitative estimate of drug-likeness (QED) is 0.204. The van der Waals surface area contributed by atoms with Crippen molar-refractivity contribution in [3.63, 3.8) is 0 Å². The molecule has 0 saturated heterocycles. The summed E-state index contributed by atoms with van der Waals surface area (Å²) in [6.45, 7) is 3.38. The number of carbonyl (C=O) groups excluding carboxylic acids is 3. The molecule has 1 aromatic heterocycles. The molecule has 0 spiro atoms. The summed E-state index contributed by atoms with van der Waals surface area (Å²) in [7, 11) is 0. The molecule has 2 atom stereocenters. The van der Waals surface area contributed by atoms with Gasteiger partial charge in [0.1, 0.15) is 6.04 Å². The minimum atomic E-state index is -1.01. The third-order valence-electron chi connectivity index (χ3n) is 4.29. The number of carbonyl (C=O) groups is 3. The first kappa shape index (κ1) is 22.0. The Morgan fingerprint density at radius 3 is 2.72 bits per heavy atom. The molecular formula is C20H26N5O4+. The van der Waals surface area contributed by atoms with E-state index in [0.717, 1.165) is 22.7 Å². The highest BCUT2D eigenvalue weighted by molar-refractivity contribution is 6.25. The van der Waals surface area contributed by atoms with E-state index in [1.165, 1.54) is 0 Å². The molecule has 9 nitrogen and oxygen atoms in total. The second-order valence-electron chi connectivity index (χ2n) is 6.98. The Morgan fingerprint density at radius 1 is 1.31 bits per heavy atom. The fraction of sp³-hybridized carbons (Fsp3) is 0.400. The van der Waals surface area contributed by atoms with E-state index >= 15 is 0 Å². The Labute approximate surface area is 168 Å². The van der Waals surface area contributed by atoms with Crippen molar-refractivity contribution in [2.75, 3.05) is 0 Å². The second-order valence-corrected chi connectivity index (χ2v) is 6.98. The molecule has 1 amide bonds. The van der Waals surface area contributed by atoms with Crippen molar-refractivity contribution in [2.24, 2.45) is 5.73 Å². The molecule has 29 heavy (non-hydrogen) atoms. The third-order valence-corrected chi connectivity index (χ3v) is 4.29. The number of nitrogens with one attached hydrogen (secondary N) is 3. The molecule has 0 unspecified atom stereocenters. The predicted octanol–water partition coefficient (Wildman–Crippen LogP) is 1.13. The zero-order valence-electron chi connectivity index (χ0n) is 16.5. The number of Topliss-reactive ketones (excluding diaryl/α,β-unsaturated/α-hetero) is 1. The van der Waals surface area contributed by atoms with Crippen molar-refractivity contribution in [3.8, 4) is 0 Å². The van der Waals surface area contributed by atoms with Gasteiger partial charge in [-0.25, -0.2) is 4.79 Å². The van der Waals surface area contributed by atoms with Crippen molar-refractivity contribution >= 4 is 34.8 Å². The van der Waals surface area contributed by atoms with Gasteiger partial charge in [-0.2, -0.15) is 0 Å². The Hall–Kier alpha value is -3.29. The molecule has 0 radical (unpaired) electrons. The lowest BCUT2D eigenvalue weighted by molar-refractivity contribution is -0.151. The average molecular weight is 400 g/mol. The maximum Gasteiger partial charge on any atom is 0.372 e. The number of esters is 1. The van der Waals surface area contributed by atoms with Gasteiger partial charge in [0.2, 0.25) is 11.7 Å². The van der Waals surface area contributed by atoms with Gasteiger partial charge in [-0.3, -0.25) is 9.59 Å². The van der Waals surface area contributed by atoms with Crippen LogP contribution in [0, 0.1) is 5.53 Å². The van der Waals surface area contributed by atoms with Crippen molar-refractivity contribution in [2.45, 2.75) is 51.3 Å². The Morgan fingerprint density at radius 2 is 2.03 bits per heavy atom. The van der Waals surface area contributed by atoms with Crippen LogP contribution in [0.5, 0.6) is 0 Å². The molecule has 1 aromatic carbocycles. The Kier molecular flexibility index (Phi) is 7.82. The fourth-order valence-corrected chi connectivity index (χ4v) is 2.90. The summed E-state index contributed by atoms with van der Waals surface area (Å²) < 4.78 is 5.17. The van der Waals surface area contributed by atoms with Crippen LogP contribution in [0.4, 0.5) is 0 Å². The van der Waals surface area contributed by atoms with Gasteiger partial charge in [-0.15, -0.1) is 0 Å². The van der Waals surface area contributed by atoms with E-state index in [0.29, 0.717) is 0 Å². The highest BCUT2D eigenvalue weighted by atomic mass is 16.5. The summed E-state index contributed by atoms with van der Waals surface area (Å²) in [5.41, 5.74) is 14.6. The molecule has 1 heterocycles. The normalized spacial score (nSPS) is 12.8. The number of para-hydroxylation sites is 1. The van der Waals surface area contributed by atoms with Gasteiger partial charge < -0.3 is 20.8 Å². The van der Waals surface area contributed by atoms with Crippen LogP contribution in [0.2, 0.25) is 0 Å². The summed E-state index contributed by atoms with van der Waals surface area (Å²) in [4.78, 5) is 42.5. The number of ketones is 1. The SMILES string of the molecule is CC(C)OC(=O)[C@H](CCC(=O)C=[N+]=N)NC(=O)[C@@H](N)Cc1c[nH]c2ccccc12. The molecule has 0 saturated carbocycles. The van der Waals surface area contributed by atoms with E-state index in [1.807, 2.05) is 24.3 Å². The zero-order chi connectivity index (χ0) is 21.4. The number of hydrogen-bond acceptors (Lipinski definition) is 6. The lowest BCUT2D eigenvalue weighted by Gasteiger charge is -2.20. The minimum Gasteiger partial charge on any atom is -0.461 e. The van der Waals surface area contributed by atoms with Gasteiger partial charge in [-0.1, -0.05) is 18.2 Å². The number of H-pyrrole nitrogens is 1. The topological polar surface area (TPSA) is 152 Å². The van der Waals surface area contributed by atoms with Crippen LogP contribution in [-0.2, 0) is 25.5 Å². The van der Waals surface area contributed by atoms with E-state index < -0.39 is 29.7 Å². The van der Waals surface area contributed by atoms with E-state index in [1.54, 1.807) is 20.0 Å². The summed E-state index contributed by atoms with van der Waals surface area (Å²) in [6.07, 6.45) is 2.55. The molecule has 9 heteroatoms. The molecule has 0 aliphatic carbocycles. The van der Waals surface area contributed by atoms with Crippen LogP contribution in [0.3, 0.4) is 0 Å².